The molecule has 1 aliphatic carbocycles. The number of carbonyl (C=O) groups excluding carboxylic acids is 1. The van der Waals surface area contributed by atoms with Gasteiger partial charge in [0.05, 0.1) is 7.11 Å². The lowest BCUT2D eigenvalue weighted by atomic mass is 9.79. The number of ether oxygens (including phenoxy) is 1. The summed E-state index contributed by atoms with van der Waals surface area (Å²) in [4.78, 5) is 11.7. The van der Waals surface area contributed by atoms with E-state index in [0.717, 1.165) is 18.5 Å². The molecule has 0 spiro atoms. The maximum atomic E-state index is 11.7. The van der Waals surface area contributed by atoms with Gasteiger partial charge < -0.3 is 10.1 Å². The molecule has 1 atom stereocenters. The van der Waals surface area contributed by atoms with Crippen molar-refractivity contribution in [2.45, 2.75) is 32.2 Å². The summed E-state index contributed by atoms with van der Waals surface area (Å²) in [6.45, 7) is 2.05. The van der Waals surface area contributed by atoms with Crippen LogP contribution in [0.3, 0.4) is 0 Å². The van der Waals surface area contributed by atoms with E-state index < -0.39 is 0 Å². The van der Waals surface area contributed by atoms with E-state index in [1.54, 1.807) is 0 Å². The molecule has 0 heterocycles. The maximum absolute atomic E-state index is 11.7. The number of aryl methyl sites for hydroxylation is 1. The molecule has 0 amide bonds. The predicted molar refractivity (Wildman–Crippen MR) is 67.9 cm³/mol. The van der Waals surface area contributed by atoms with Crippen molar-refractivity contribution in [3.05, 3.63) is 29.8 Å². The highest BCUT2D eigenvalue weighted by Crippen LogP contribution is 2.31. The zero-order chi connectivity index (χ0) is 12.3. The first kappa shape index (κ1) is 12.0. The number of esters is 1. The Bertz CT molecular complexity index is 382. The van der Waals surface area contributed by atoms with E-state index in [0.29, 0.717) is 5.92 Å². The molecule has 1 N–H and O–H groups in total. The Morgan fingerprint density at radius 1 is 1.35 bits per heavy atom. The molecule has 0 saturated heterocycles. The minimum atomic E-state index is -0.198. The van der Waals surface area contributed by atoms with Crippen LogP contribution in [0.5, 0.6) is 0 Å². The monoisotopic (exact) mass is 233 g/mol. The Labute approximate surface area is 102 Å². The van der Waals surface area contributed by atoms with Crippen molar-refractivity contribution in [2.24, 2.45) is 5.92 Å². The average molecular weight is 233 g/mol. The van der Waals surface area contributed by atoms with Gasteiger partial charge in [-0.05, 0) is 37.8 Å². The number of methoxy groups -OCH3 is 1. The van der Waals surface area contributed by atoms with Crippen LogP contribution < -0.4 is 5.32 Å². The highest BCUT2D eigenvalue weighted by atomic mass is 16.5. The van der Waals surface area contributed by atoms with Gasteiger partial charge in [-0.1, -0.05) is 24.1 Å². The fraction of sp³-hybridized carbons (Fsp3) is 0.500. The van der Waals surface area contributed by atoms with Gasteiger partial charge in [-0.3, -0.25) is 0 Å². The molecule has 92 valence electrons. The van der Waals surface area contributed by atoms with Crippen LogP contribution in [0.15, 0.2) is 24.3 Å². The molecule has 0 bridgehead atoms. The highest BCUT2D eigenvalue weighted by molar-refractivity contribution is 5.79. The van der Waals surface area contributed by atoms with Crippen LogP contribution in [-0.2, 0) is 9.53 Å². The second kappa shape index (κ2) is 5.21. The second-order valence-corrected chi connectivity index (χ2v) is 4.70. The predicted octanol–water partition coefficient (Wildman–Crippen LogP) is 2.75. The van der Waals surface area contributed by atoms with Gasteiger partial charge in [-0.2, -0.15) is 0 Å². The van der Waals surface area contributed by atoms with E-state index in [9.17, 15) is 4.79 Å². The molecule has 17 heavy (non-hydrogen) atoms. The molecule has 1 fully saturated rings. The Morgan fingerprint density at radius 3 is 2.47 bits per heavy atom. The van der Waals surface area contributed by atoms with E-state index >= 15 is 0 Å². The van der Waals surface area contributed by atoms with Gasteiger partial charge in [0, 0.05) is 5.69 Å². The largest absolute Gasteiger partial charge is 0.467 e. The molecule has 1 aromatic carbocycles. The fourth-order valence-electron chi connectivity index (χ4n) is 2.10. The molecule has 1 saturated carbocycles. The lowest BCUT2D eigenvalue weighted by Gasteiger charge is -2.32. The number of rotatable bonds is 4. The van der Waals surface area contributed by atoms with Crippen molar-refractivity contribution in [3.63, 3.8) is 0 Å². The van der Waals surface area contributed by atoms with Crippen molar-refractivity contribution < 1.29 is 9.53 Å². The molecule has 3 nitrogen and oxygen atoms in total. The van der Waals surface area contributed by atoms with Gasteiger partial charge in [-0.15, -0.1) is 0 Å². The normalized spacial score (nSPS) is 17.1. The summed E-state index contributed by atoms with van der Waals surface area (Å²) in [7, 11) is 1.45. The first-order valence-corrected chi connectivity index (χ1v) is 6.12. The maximum Gasteiger partial charge on any atom is 0.328 e. The van der Waals surface area contributed by atoms with E-state index in [1.165, 1.54) is 19.1 Å². The van der Waals surface area contributed by atoms with Gasteiger partial charge in [0.2, 0.25) is 0 Å². The molecular weight excluding hydrogens is 214 g/mol. The molecule has 2 rings (SSSR count). The zero-order valence-electron chi connectivity index (χ0n) is 10.4. The minimum absolute atomic E-state index is 0.157. The third-order valence-electron chi connectivity index (χ3n) is 3.45. The summed E-state index contributed by atoms with van der Waals surface area (Å²) >= 11 is 0. The molecule has 0 aromatic heterocycles. The lowest BCUT2D eigenvalue weighted by molar-refractivity contribution is -0.143. The Balaban J connectivity index is 2.06. The topological polar surface area (TPSA) is 38.3 Å². The third kappa shape index (κ3) is 2.78. The number of carbonyl (C=O) groups is 1. The van der Waals surface area contributed by atoms with Gasteiger partial charge >= 0.3 is 5.97 Å². The van der Waals surface area contributed by atoms with Gasteiger partial charge in [0.15, 0.2) is 0 Å². The van der Waals surface area contributed by atoms with Crippen molar-refractivity contribution in [2.75, 3.05) is 12.4 Å². The van der Waals surface area contributed by atoms with Crippen LogP contribution in [0.2, 0.25) is 0 Å². The van der Waals surface area contributed by atoms with Crippen molar-refractivity contribution in [1.29, 1.82) is 0 Å². The number of anilines is 1. The van der Waals surface area contributed by atoms with E-state index in [-0.39, 0.29) is 12.0 Å². The zero-order valence-corrected chi connectivity index (χ0v) is 10.4. The minimum Gasteiger partial charge on any atom is -0.467 e. The van der Waals surface area contributed by atoms with Crippen LogP contribution in [-0.4, -0.2) is 19.1 Å². The Morgan fingerprint density at radius 2 is 2.00 bits per heavy atom. The average Bonchev–Trinajstić information content (AvgIpc) is 2.27. The standard InChI is InChI=1S/C14H19NO2/c1-10-6-8-12(9-7-10)15-13(14(16)17-2)11-4-3-5-11/h6-9,11,13,15H,3-5H2,1-2H3. The molecule has 1 aliphatic rings. The van der Waals surface area contributed by atoms with Crippen LogP contribution >= 0.6 is 0 Å². The number of hydrogen-bond donors (Lipinski definition) is 1. The van der Waals surface area contributed by atoms with Crippen molar-refractivity contribution in [1.82, 2.24) is 0 Å². The van der Waals surface area contributed by atoms with Crippen LogP contribution in [0, 0.1) is 12.8 Å². The molecule has 0 radical (unpaired) electrons. The summed E-state index contributed by atoms with van der Waals surface area (Å²) in [5.74, 6) is 0.263. The highest BCUT2D eigenvalue weighted by Gasteiger charge is 2.33. The Kier molecular flexibility index (Phi) is 3.67. The van der Waals surface area contributed by atoms with Gasteiger partial charge in [0.25, 0.3) is 0 Å². The van der Waals surface area contributed by atoms with Gasteiger partial charge in [-0.25, -0.2) is 4.79 Å². The summed E-state index contributed by atoms with van der Waals surface area (Å²) in [5.41, 5.74) is 2.20. The number of hydrogen-bond acceptors (Lipinski definition) is 3. The van der Waals surface area contributed by atoms with Crippen LogP contribution in [0.1, 0.15) is 24.8 Å². The fourth-order valence-corrected chi connectivity index (χ4v) is 2.10. The summed E-state index contributed by atoms with van der Waals surface area (Å²) < 4.78 is 4.86. The first-order valence-electron chi connectivity index (χ1n) is 6.12. The van der Waals surface area contributed by atoms with Crippen LogP contribution in [0.25, 0.3) is 0 Å². The summed E-state index contributed by atoms with van der Waals surface area (Å²) in [6.07, 6.45) is 3.44. The molecular formula is C14H19NO2. The molecule has 0 aliphatic heterocycles. The third-order valence-corrected chi connectivity index (χ3v) is 3.45. The SMILES string of the molecule is COC(=O)C(Nc1ccc(C)cc1)C1CCC1. The van der Waals surface area contributed by atoms with E-state index in [2.05, 4.69) is 5.32 Å². The molecule has 1 unspecified atom stereocenters. The first-order chi connectivity index (χ1) is 8.20. The second-order valence-electron chi connectivity index (χ2n) is 4.70. The van der Waals surface area contributed by atoms with E-state index in [4.69, 9.17) is 4.74 Å². The quantitative estimate of drug-likeness (QED) is 0.813. The summed E-state index contributed by atoms with van der Waals surface area (Å²) in [5, 5.41) is 3.28. The van der Waals surface area contributed by atoms with Crippen LogP contribution in [0.4, 0.5) is 5.69 Å². The van der Waals surface area contributed by atoms with Crippen molar-refractivity contribution in [3.8, 4) is 0 Å². The Hall–Kier alpha value is -1.51. The van der Waals surface area contributed by atoms with Crippen molar-refractivity contribution >= 4 is 11.7 Å². The lowest BCUT2D eigenvalue weighted by Crippen LogP contribution is -2.41. The van der Waals surface area contributed by atoms with Gasteiger partial charge in [0.1, 0.15) is 6.04 Å². The van der Waals surface area contributed by atoms with E-state index in [1.807, 2.05) is 31.2 Å². The number of benzene rings is 1. The smallest absolute Gasteiger partial charge is 0.328 e. The summed E-state index contributed by atoms with van der Waals surface area (Å²) in [6, 6.07) is 7.89. The number of nitrogens with one attached hydrogen (secondary N) is 1. The molecule has 3 heteroatoms. The molecule has 1 aromatic rings.